The third-order valence-corrected chi connectivity index (χ3v) is 10.6. The molecule has 0 aliphatic heterocycles. The Kier molecular flexibility index (Phi) is 10.1. The van der Waals surface area contributed by atoms with Gasteiger partial charge < -0.3 is 0 Å². The van der Waals surface area contributed by atoms with E-state index in [4.69, 9.17) is 0 Å². The molecule has 0 saturated heterocycles. The molecule has 1 aromatic carbocycles. The van der Waals surface area contributed by atoms with Crippen LogP contribution in [0.3, 0.4) is 0 Å². The standard InChI is InChI=1S/C29H35BrS3/c1-2-3-4-5-6-7-8-9-10-11-12-22-13-15-23(16-14-22)27-21-25(30)28(33-27)19-24-20-29-26(32-24)17-18-31-29/h13-18,20-21H,2-12,19H2,1H3. The van der Waals surface area contributed by atoms with E-state index >= 15 is 0 Å². The average molecular weight is 560 g/mol. The topological polar surface area (TPSA) is 0 Å². The molecule has 0 aliphatic carbocycles. The van der Waals surface area contributed by atoms with E-state index in [1.807, 2.05) is 34.0 Å². The smallest absolute Gasteiger partial charge is 0.0453 e. The van der Waals surface area contributed by atoms with Crippen molar-refractivity contribution in [2.45, 2.75) is 84.0 Å². The first-order valence-electron chi connectivity index (χ1n) is 12.6. The van der Waals surface area contributed by atoms with E-state index < -0.39 is 0 Å². The van der Waals surface area contributed by atoms with Crippen molar-refractivity contribution < 1.29 is 0 Å². The summed E-state index contributed by atoms with van der Waals surface area (Å²) in [6.45, 7) is 2.29. The Morgan fingerprint density at radius 2 is 1.42 bits per heavy atom. The molecule has 0 radical (unpaired) electrons. The molecule has 0 amide bonds. The molecule has 0 atom stereocenters. The predicted octanol–water partition coefficient (Wildman–Crippen LogP) is 11.5. The van der Waals surface area contributed by atoms with Gasteiger partial charge in [0.05, 0.1) is 0 Å². The Morgan fingerprint density at radius 3 is 2.12 bits per heavy atom. The van der Waals surface area contributed by atoms with Crippen molar-refractivity contribution >= 4 is 59.3 Å². The van der Waals surface area contributed by atoms with Crippen molar-refractivity contribution in [3.05, 3.63) is 67.6 Å². The summed E-state index contributed by atoms with van der Waals surface area (Å²) in [6.07, 6.45) is 16.3. The molecule has 4 heteroatoms. The van der Waals surface area contributed by atoms with Gasteiger partial charge in [-0.2, -0.15) is 0 Å². The van der Waals surface area contributed by atoms with Crippen LogP contribution in [0.2, 0.25) is 0 Å². The van der Waals surface area contributed by atoms with Gasteiger partial charge in [0.2, 0.25) is 0 Å². The molecule has 4 aromatic rings. The highest BCUT2D eigenvalue weighted by molar-refractivity contribution is 9.10. The summed E-state index contributed by atoms with van der Waals surface area (Å²) < 4.78 is 4.08. The van der Waals surface area contributed by atoms with Crippen molar-refractivity contribution in [2.75, 3.05) is 0 Å². The number of hydrogen-bond donors (Lipinski definition) is 0. The molecule has 0 unspecified atom stereocenters. The number of unbranched alkanes of at least 4 members (excludes halogenated alkanes) is 9. The molecule has 0 N–H and O–H groups in total. The van der Waals surface area contributed by atoms with Crippen LogP contribution in [-0.2, 0) is 12.8 Å². The minimum Gasteiger partial charge on any atom is -0.143 e. The van der Waals surface area contributed by atoms with Gasteiger partial charge in [-0.05, 0) is 63.5 Å². The third-order valence-electron chi connectivity index (χ3n) is 6.34. The molecule has 176 valence electrons. The van der Waals surface area contributed by atoms with Crippen LogP contribution in [0, 0.1) is 0 Å². The van der Waals surface area contributed by atoms with Crippen molar-refractivity contribution in [1.82, 2.24) is 0 Å². The first-order chi connectivity index (χ1) is 16.2. The van der Waals surface area contributed by atoms with Crippen LogP contribution in [0.5, 0.6) is 0 Å². The number of thiophene rings is 3. The van der Waals surface area contributed by atoms with Crippen LogP contribution in [0.15, 0.2) is 52.3 Å². The van der Waals surface area contributed by atoms with Gasteiger partial charge in [-0.1, -0.05) is 89.0 Å². The van der Waals surface area contributed by atoms with Gasteiger partial charge in [0, 0.05) is 34.9 Å². The lowest BCUT2D eigenvalue weighted by atomic mass is 10.0. The van der Waals surface area contributed by atoms with E-state index in [-0.39, 0.29) is 0 Å². The molecule has 3 heterocycles. The molecular weight excluding hydrogens is 524 g/mol. The summed E-state index contributed by atoms with van der Waals surface area (Å²) in [5.74, 6) is 0. The van der Waals surface area contributed by atoms with Gasteiger partial charge in [0.25, 0.3) is 0 Å². The minimum absolute atomic E-state index is 1.02. The second-order valence-electron chi connectivity index (χ2n) is 9.05. The number of rotatable bonds is 14. The second-order valence-corrected chi connectivity index (χ2v) is 13.2. The Bertz CT molecular complexity index is 1070. The van der Waals surface area contributed by atoms with Crippen LogP contribution >= 0.6 is 49.9 Å². The van der Waals surface area contributed by atoms with Gasteiger partial charge in [0.1, 0.15) is 0 Å². The zero-order chi connectivity index (χ0) is 22.9. The van der Waals surface area contributed by atoms with E-state index in [2.05, 4.69) is 70.7 Å². The minimum atomic E-state index is 1.02. The lowest BCUT2D eigenvalue weighted by Crippen LogP contribution is -1.87. The quantitative estimate of drug-likeness (QED) is 0.135. The van der Waals surface area contributed by atoms with Crippen LogP contribution in [0.4, 0.5) is 0 Å². The molecular formula is C29H35BrS3. The molecule has 0 fully saturated rings. The summed E-state index contributed by atoms with van der Waals surface area (Å²) in [4.78, 5) is 4.24. The van der Waals surface area contributed by atoms with Crippen LogP contribution in [-0.4, -0.2) is 0 Å². The first-order valence-corrected chi connectivity index (χ1v) is 15.9. The van der Waals surface area contributed by atoms with E-state index in [0.29, 0.717) is 0 Å². The van der Waals surface area contributed by atoms with Crippen molar-refractivity contribution in [2.24, 2.45) is 0 Å². The summed E-state index contributed by atoms with van der Waals surface area (Å²) in [5, 5.41) is 2.18. The maximum absolute atomic E-state index is 3.81. The fourth-order valence-corrected chi connectivity index (χ4v) is 8.46. The maximum atomic E-state index is 3.81. The number of aryl methyl sites for hydroxylation is 1. The van der Waals surface area contributed by atoms with E-state index in [1.165, 1.54) is 110 Å². The lowest BCUT2D eigenvalue weighted by molar-refractivity contribution is 0.556. The molecule has 4 rings (SSSR count). The number of benzene rings is 1. The summed E-state index contributed by atoms with van der Waals surface area (Å²) in [6, 6.07) is 16.2. The lowest BCUT2D eigenvalue weighted by Gasteiger charge is -2.04. The second kappa shape index (κ2) is 13.2. The zero-order valence-corrected chi connectivity index (χ0v) is 23.7. The monoisotopic (exact) mass is 558 g/mol. The summed E-state index contributed by atoms with van der Waals surface area (Å²) in [7, 11) is 0. The Hall–Kier alpha value is -0.940. The number of halogens is 1. The third kappa shape index (κ3) is 7.52. The molecule has 0 nitrogen and oxygen atoms in total. The summed E-state index contributed by atoms with van der Waals surface area (Å²) in [5.41, 5.74) is 2.82. The zero-order valence-electron chi connectivity index (χ0n) is 19.7. The molecule has 33 heavy (non-hydrogen) atoms. The Morgan fingerprint density at radius 1 is 0.727 bits per heavy atom. The van der Waals surface area contributed by atoms with Crippen molar-refractivity contribution in [3.63, 3.8) is 0 Å². The molecule has 0 bridgehead atoms. The van der Waals surface area contributed by atoms with Crippen LogP contribution in [0.1, 0.15) is 86.4 Å². The molecule has 0 spiro atoms. The Balaban J connectivity index is 1.20. The van der Waals surface area contributed by atoms with E-state index in [0.717, 1.165) is 6.42 Å². The average Bonchev–Trinajstić information content (AvgIpc) is 3.51. The highest BCUT2D eigenvalue weighted by atomic mass is 79.9. The highest BCUT2D eigenvalue weighted by Gasteiger charge is 2.12. The van der Waals surface area contributed by atoms with Gasteiger partial charge in [-0.15, -0.1) is 34.0 Å². The van der Waals surface area contributed by atoms with Gasteiger partial charge in [-0.25, -0.2) is 0 Å². The van der Waals surface area contributed by atoms with Crippen molar-refractivity contribution in [3.8, 4) is 10.4 Å². The number of hydrogen-bond acceptors (Lipinski definition) is 3. The fourth-order valence-electron chi connectivity index (χ4n) is 4.38. The SMILES string of the molecule is CCCCCCCCCCCCc1ccc(-c2cc(Br)c(Cc3cc4sccc4s3)s2)cc1. The first kappa shape index (κ1) is 25.2. The molecule has 0 saturated carbocycles. The van der Waals surface area contributed by atoms with Crippen molar-refractivity contribution in [1.29, 1.82) is 0 Å². The molecule has 3 aromatic heterocycles. The van der Waals surface area contributed by atoms with E-state index in [9.17, 15) is 0 Å². The summed E-state index contributed by atoms with van der Waals surface area (Å²) >= 11 is 9.51. The van der Waals surface area contributed by atoms with Crippen LogP contribution in [0.25, 0.3) is 19.8 Å². The van der Waals surface area contributed by atoms with E-state index in [1.54, 1.807) is 0 Å². The Labute approximate surface area is 220 Å². The normalized spacial score (nSPS) is 11.6. The maximum Gasteiger partial charge on any atom is 0.0453 e. The highest BCUT2D eigenvalue weighted by Crippen LogP contribution is 2.38. The predicted molar refractivity (Wildman–Crippen MR) is 156 cm³/mol. The van der Waals surface area contributed by atoms with Gasteiger partial charge in [0.15, 0.2) is 0 Å². The molecule has 0 aliphatic rings. The van der Waals surface area contributed by atoms with Gasteiger partial charge in [-0.3, -0.25) is 0 Å². The van der Waals surface area contributed by atoms with Gasteiger partial charge >= 0.3 is 0 Å². The largest absolute Gasteiger partial charge is 0.143 e. The number of fused-ring (bicyclic) bond motifs is 1. The fraction of sp³-hybridized carbons (Fsp3) is 0.448. The van der Waals surface area contributed by atoms with Crippen LogP contribution < -0.4 is 0 Å².